The van der Waals surface area contributed by atoms with Crippen molar-refractivity contribution in [3.8, 4) is 11.1 Å². The van der Waals surface area contributed by atoms with Gasteiger partial charge in [-0.3, -0.25) is 10.1 Å². The van der Waals surface area contributed by atoms with E-state index in [0.717, 1.165) is 75.2 Å². The van der Waals surface area contributed by atoms with Gasteiger partial charge < -0.3 is 15.2 Å². The zero-order valence-corrected chi connectivity index (χ0v) is 18.8. The minimum Gasteiger partial charge on any atom is -0.359 e. The molecule has 0 aliphatic carbocycles. The summed E-state index contributed by atoms with van der Waals surface area (Å²) in [6.45, 7) is 6.17. The number of anilines is 1. The Labute approximate surface area is 184 Å². The van der Waals surface area contributed by atoms with Crippen molar-refractivity contribution in [3.63, 3.8) is 0 Å². The van der Waals surface area contributed by atoms with Crippen molar-refractivity contribution < 1.29 is 0 Å². The maximum Gasteiger partial charge on any atom is 0.187 e. The third-order valence-electron chi connectivity index (χ3n) is 5.94. The van der Waals surface area contributed by atoms with Gasteiger partial charge in [-0.25, -0.2) is 9.98 Å². The zero-order valence-electron chi connectivity index (χ0n) is 17.9. The summed E-state index contributed by atoms with van der Waals surface area (Å²) in [5, 5.41) is 13.4. The third-order valence-corrected chi connectivity index (χ3v) is 7.08. The lowest BCUT2D eigenvalue weighted by molar-refractivity contribution is 0.443. The molecule has 0 amide bonds. The van der Waals surface area contributed by atoms with Crippen molar-refractivity contribution in [1.29, 1.82) is 0 Å². The molecule has 3 N–H and O–H groups in total. The largest absolute Gasteiger partial charge is 0.359 e. The summed E-state index contributed by atoms with van der Waals surface area (Å²) >= 11 is 1.65. The molecule has 0 spiro atoms. The highest BCUT2D eigenvalue weighted by atomic mass is 32.1. The van der Waals surface area contributed by atoms with Gasteiger partial charge in [0.15, 0.2) is 5.13 Å². The molecule has 5 rings (SSSR count). The highest BCUT2D eigenvalue weighted by molar-refractivity contribution is 7.19. The lowest BCUT2D eigenvalue weighted by Gasteiger charge is -2.31. The van der Waals surface area contributed by atoms with E-state index in [1.54, 1.807) is 11.3 Å². The third kappa shape index (κ3) is 3.75. The van der Waals surface area contributed by atoms with E-state index in [4.69, 9.17) is 15.0 Å². The average Bonchev–Trinajstić information content (AvgIpc) is 3.55. The van der Waals surface area contributed by atoms with Gasteiger partial charge in [-0.05, 0) is 45.8 Å². The number of hydrogen-bond donors (Lipinski definition) is 3. The molecule has 9 heteroatoms. The Morgan fingerprint density at radius 2 is 2.10 bits per heavy atom. The Balaban J connectivity index is 1.47. The quantitative estimate of drug-likeness (QED) is 0.412. The molecule has 1 fully saturated rings. The Morgan fingerprint density at radius 1 is 1.26 bits per heavy atom. The van der Waals surface area contributed by atoms with Crippen molar-refractivity contribution >= 4 is 38.1 Å². The summed E-state index contributed by atoms with van der Waals surface area (Å²) < 4.78 is 0. The molecule has 8 nitrogen and oxygen atoms in total. The molecule has 0 bridgehead atoms. The standard InChI is InChI=1S/C22H26N8S/c1-13(19-20-17(6-9-24-20)18(12-25-19)15-10-26-27-11-15)28-21-14(2)29-22(31-21)30(3)16-4-7-23-8-5-16/h6,9-12,16,23-24H,4-5,7-8H2,1-3H3,(H,26,27)/b28-13+. The Bertz CT molecular complexity index is 1210. The molecule has 1 aliphatic heterocycles. The smallest absolute Gasteiger partial charge is 0.187 e. The van der Waals surface area contributed by atoms with Crippen molar-refractivity contribution in [1.82, 2.24) is 30.5 Å². The monoisotopic (exact) mass is 434 g/mol. The van der Waals surface area contributed by atoms with E-state index in [9.17, 15) is 0 Å². The Hall–Kier alpha value is -3.04. The number of aliphatic imine (C=N–C) groups is 1. The van der Waals surface area contributed by atoms with E-state index < -0.39 is 0 Å². The first kappa shape index (κ1) is 19.9. The van der Waals surface area contributed by atoms with Crippen LogP contribution >= 0.6 is 11.3 Å². The van der Waals surface area contributed by atoms with Gasteiger partial charge >= 0.3 is 0 Å². The summed E-state index contributed by atoms with van der Waals surface area (Å²) in [5.41, 5.74) is 5.72. The number of fused-ring (bicyclic) bond motifs is 1. The molecule has 160 valence electrons. The summed E-state index contributed by atoms with van der Waals surface area (Å²) in [5.74, 6) is 0. The van der Waals surface area contributed by atoms with Gasteiger partial charge in [0.2, 0.25) is 0 Å². The molecule has 0 atom stereocenters. The van der Waals surface area contributed by atoms with Crippen molar-refractivity contribution in [3.05, 3.63) is 42.2 Å². The van der Waals surface area contributed by atoms with Crippen LogP contribution in [0.3, 0.4) is 0 Å². The first-order chi connectivity index (χ1) is 15.1. The topological polar surface area (TPSA) is 97.9 Å². The van der Waals surface area contributed by atoms with Crippen LogP contribution in [-0.2, 0) is 0 Å². The van der Waals surface area contributed by atoms with Crippen LogP contribution < -0.4 is 10.2 Å². The number of nitrogens with one attached hydrogen (secondary N) is 3. The second kappa shape index (κ2) is 8.24. The fourth-order valence-corrected chi connectivity index (χ4v) is 5.16. The molecular weight excluding hydrogens is 408 g/mol. The minimum atomic E-state index is 0.528. The van der Waals surface area contributed by atoms with E-state index in [0.29, 0.717) is 6.04 Å². The Kier molecular flexibility index (Phi) is 5.29. The minimum absolute atomic E-state index is 0.528. The molecule has 31 heavy (non-hydrogen) atoms. The molecule has 0 saturated carbocycles. The van der Waals surface area contributed by atoms with Crippen molar-refractivity contribution in [2.75, 3.05) is 25.0 Å². The van der Waals surface area contributed by atoms with Crippen LogP contribution in [0.1, 0.15) is 31.2 Å². The van der Waals surface area contributed by atoms with Crippen molar-refractivity contribution in [2.45, 2.75) is 32.7 Å². The second-order valence-corrected chi connectivity index (χ2v) is 8.91. The van der Waals surface area contributed by atoms with Gasteiger partial charge in [-0.2, -0.15) is 5.10 Å². The van der Waals surface area contributed by atoms with E-state index in [-0.39, 0.29) is 0 Å². The molecular formula is C22H26N8S. The normalized spacial score (nSPS) is 15.6. The van der Waals surface area contributed by atoms with E-state index >= 15 is 0 Å². The van der Waals surface area contributed by atoms with Crippen LogP contribution in [0.15, 0.2) is 35.8 Å². The maximum atomic E-state index is 4.93. The molecule has 1 saturated heterocycles. The van der Waals surface area contributed by atoms with Crippen LogP contribution in [0.25, 0.3) is 22.0 Å². The SMILES string of the molecule is C/C(=N\c1sc(N(C)C2CCNCC2)nc1C)c1ncc(-c2cn[nH]c2)c2cc[nH]c12. The highest BCUT2D eigenvalue weighted by Gasteiger charge is 2.21. The van der Waals surface area contributed by atoms with Gasteiger partial charge in [-0.1, -0.05) is 11.3 Å². The van der Waals surface area contributed by atoms with Crippen LogP contribution in [-0.4, -0.2) is 57.0 Å². The molecule has 5 heterocycles. The second-order valence-electron chi connectivity index (χ2n) is 7.95. The fraction of sp³-hybridized carbons (Fsp3) is 0.364. The number of hydrogen-bond acceptors (Lipinski definition) is 7. The number of nitrogens with zero attached hydrogens (tertiary/aromatic N) is 5. The first-order valence-electron chi connectivity index (χ1n) is 10.5. The lowest BCUT2D eigenvalue weighted by Crippen LogP contribution is -2.41. The van der Waals surface area contributed by atoms with Gasteiger partial charge in [-0.15, -0.1) is 0 Å². The predicted octanol–water partition coefficient (Wildman–Crippen LogP) is 4.05. The molecule has 4 aromatic rings. The molecule has 0 radical (unpaired) electrons. The average molecular weight is 435 g/mol. The maximum absolute atomic E-state index is 4.93. The molecule has 4 aromatic heterocycles. The summed E-state index contributed by atoms with van der Waals surface area (Å²) in [4.78, 5) is 20.1. The number of thiazole rings is 1. The van der Waals surface area contributed by atoms with Gasteiger partial charge in [0.25, 0.3) is 0 Å². The predicted molar refractivity (Wildman–Crippen MR) is 127 cm³/mol. The number of pyridine rings is 1. The summed E-state index contributed by atoms with van der Waals surface area (Å²) in [7, 11) is 2.15. The zero-order chi connectivity index (χ0) is 21.4. The van der Waals surface area contributed by atoms with Crippen LogP contribution in [0.4, 0.5) is 10.1 Å². The highest BCUT2D eigenvalue weighted by Crippen LogP contribution is 2.35. The molecule has 0 unspecified atom stereocenters. The fourth-order valence-electron chi connectivity index (χ4n) is 4.14. The number of piperidine rings is 1. The number of aryl methyl sites for hydroxylation is 1. The van der Waals surface area contributed by atoms with E-state index in [2.05, 4.69) is 38.5 Å². The van der Waals surface area contributed by atoms with Crippen LogP contribution in [0, 0.1) is 6.92 Å². The van der Waals surface area contributed by atoms with Crippen LogP contribution in [0.5, 0.6) is 0 Å². The van der Waals surface area contributed by atoms with Crippen LogP contribution in [0.2, 0.25) is 0 Å². The number of aromatic amines is 2. The number of rotatable bonds is 5. The molecule has 1 aliphatic rings. The summed E-state index contributed by atoms with van der Waals surface area (Å²) in [6.07, 6.45) is 9.81. The number of H-pyrrole nitrogens is 2. The number of aromatic nitrogens is 5. The van der Waals surface area contributed by atoms with E-state index in [1.807, 2.05) is 38.6 Å². The Morgan fingerprint density at radius 3 is 2.87 bits per heavy atom. The van der Waals surface area contributed by atoms with Gasteiger partial charge in [0, 0.05) is 48.2 Å². The van der Waals surface area contributed by atoms with Gasteiger partial charge in [0.1, 0.15) is 10.7 Å². The van der Waals surface area contributed by atoms with E-state index in [1.165, 1.54) is 0 Å². The molecule has 0 aromatic carbocycles. The lowest BCUT2D eigenvalue weighted by atomic mass is 10.1. The first-order valence-corrected chi connectivity index (χ1v) is 11.4. The summed E-state index contributed by atoms with van der Waals surface area (Å²) in [6, 6.07) is 2.60. The van der Waals surface area contributed by atoms with Crippen molar-refractivity contribution in [2.24, 2.45) is 4.99 Å². The van der Waals surface area contributed by atoms with Gasteiger partial charge in [0.05, 0.1) is 23.1 Å².